The van der Waals surface area contributed by atoms with E-state index in [0.717, 1.165) is 89.1 Å². The molecule has 1 amide bonds. The number of benzene rings is 6. The van der Waals surface area contributed by atoms with Crippen molar-refractivity contribution in [1.82, 2.24) is 4.98 Å². The summed E-state index contributed by atoms with van der Waals surface area (Å²) in [6.07, 6.45) is 43.5. The van der Waals surface area contributed by atoms with Gasteiger partial charge in [0.05, 0.1) is 59.2 Å². The average molecular weight is 1770 g/mol. The number of hydrogen-bond acceptors (Lipinski definition) is 9. The fourth-order valence-electron chi connectivity index (χ4n) is 18.6. The molecule has 0 unspecified atom stereocenters. The largest absolute Gasteiger partial charge is 0.494 e. The van der Waals surface area contributed by atoms with Crippen LogP contribution in [-0.2, 0) is 44.8 Å². The smallest absolute Gasteiger partial charge is 0.306 e. The molecule has 0 saturated heterocycles. The first-order chi connectivity index (χ1) is 56.3. The van der Waals surface area contributed by atoms with Crippen molar-refractivity contribution in [2.24, 2.45) is 4.99 Å². The number of nitrogens with zero attached hydrogens (tertiary/aromatic N) is 2. The number of carbonyl (C=O) groups excluding carboxylic acids is 3. The number of amides is 1. The van der Waals surface area contributed by atoms with Gasteiger partial charge in [0.1, 0.15) is 0 Å². The highest BCUT2D eigenvalue weighted by Crippen LogP contribution is 2.59. The van der Waals surface area contributed by atoms with E-state index in [1.807, 2.05) is 6.07 Å². The highest BCUT2D eigenvalue weighted by Gasteiger charge is 2.47. The van der Waals surface area contributed by atoms with Gasteiger partial charge in [0.15, 0.2) is 5.88 Å². The number of fused-ring (bicyclic) bond motifs is 10. The van der Waals surface area contributed by atoms with Crippen LogP contribution in [0.5, 0.6) is 5.88 Å². The first-order valence-corrected chi connectivity index (χ1v) is 47.5. The topological polar surface area (TPSA) is 160 Å². The molecule has 11 rings (SSSR count). The third kappa shape index (κ3) is 24.2. The highest BCUT2D eigenvalue weighted by atomic mass is 79.9. The van der Waals surface area contributed by atoms with E-state index in [-0.39, 0.29) is 65.0 Å². The van der Waals surface area contributed by atoms with Crippen molar-refractivity contribution >= 4 is 71.3 Å². The van der Waals surface area contributed by atoms with Crippen LogP contribution in [-0.4, -0.2) is 72.3 Å². The van der Waals surface area contributed by atoms with E-state index >= 15 is 0 Å². The lowest BCUT2D eigenvalue weighted by atomic mass is 9.70. The molecule has 628 valence electrons. The molecule has 0 saturated carbocycles. The number of aromatic amines is 1. The molecule has 0 radical (unpaired) electrons. The van der Waals surface area contributed by atoms with Gasteiger partial charge in [0.2, 0.25) is 0 Å². The number of ether oxygens (including phenoxy) is 4. The van der Waals surface area contributed by atoms with Gasteiger partial charge in [0, 0.05) is 61.7 Å². The average Bonchev–Trinajstić information content (AvgIpc) is 1.56. The Kier molecular flexibility index (Phi) is 38.2. The number of esters is 2. The zero-order valence-electron chi connectivity index (χ0n) is 72.1. The van der Waals surface area contributed by atoms with Crippen LogP contribution in [0.15, 0.2) is 128 Å². The Bertz CT molecular complexity index is 4320. The molecule has 6 aromatic carbocycles. The Morgan fingerprint density at radius 3 is 1.10 bits per heavy atom. The van der Waals surface area contributed by atoms with Crippen molar-refractivity contribution < 1.29 is 38.4 Å². The number of nitrogens with one attached hydrogen (secondary N) is 1. The van der Waals surface area contributed by atoms with E-state index in [9.17, 15) is 24.8 Å². The SMILES string of the molecule is CC(C)OC(=O)CCC(=O)OC(C)C.CCCCCCCCC1(CCCCCCCC)c2cc(Br)ccc2-c2ccc(C3=NC(=O)c4c(-c5ccc6c(c5)C(CCCCCCCC)(CCCCCCCC)c5cc(Br)ccc5-6)[nH]c(O)c43)cc21.CCCCCOCCC1(CCOCCCCC)c2cc(Br)ccc2-c2ccc(C#N)cc21. The summed E-state index contributed by atoms with van der Waals surface area (Å²) in [5.74, 6) is -0.986. The minimum Gasteiger partial charge on any atom is -0.494 e. The number of carbonyl (C=O) groups is 3. The van der Waals surface area contributed by atoms with E-state index in [1.54, 1.807) is 27.7 Å². The third-order valence-corrected chi connectivity index (χ3v) is 26.0. The van der Waals surface area contributed by atoms with Crippen LogP contribution >= 0.6 is 47.8 Å². The maximum atomic E-state index is 14.5. The molecule has 14 heteroatoms. The van der Waals surface area contributed by atoms with Crippen LogP contribution in [0.1, 0.15) is 374 Å². The Labute approximate surface area is 722 Å². The van der Waals surface area contributed by atoms with Gasteiger partial charge in [-0.1, -0.05) is 318 Å². The zero-order chi connectivity index (χ0) is 83.0. The van der Waals surface area contributed by atoms with Crippen LogP contribution in [0.4, 0.5) is 0 Å². The second-order valence-corrected chi connectivity index (χ2v) is 36.6. The van der Waals surface area contributed by atoms with Crippen LogP contribution in [0, 0.1) is 11.3 Å². The van der Waals surface area contributed by atoms with Crippen molar-refractivity contribution in [2.75, 3.05) is 26.4 Å². The molecular weight excluding hydrogens is 1630 g/mol. The standard InChI is InChI=1S/C64H82Br2N2O2.C28H36BrNO2.C10H18O4/c1-5-9-13-17-21-25-37-63(38-26-22-18-14-10-6-2)53-41-45(29-33-49(53)51-35-31-47(65)43-55(51)63)59-57-58(62(70)67-59)60(68-61(57)69)46-30-34-50-52-36-32-48(66)44-56(52)64(54(50)42-46,39-27-23-19-15-11-7-3)40-28-24-20-16-12-8-4;1-3-5-7-15-31-17-13-28(14-18-32-16-8-6-4-2)26-19-22(21-30)9-11-24(26)25-12-10-23(29)20-27(25)28;1-7(2)13-9(11)5-6-10(12)14-8(3)4/h29-36,41-44,67,70H,5-28,37-40H2,1-4H3;9-12,19-20H,3-8,13-18H2,1-2H3;7-8H,5-6H2,1-4H3. The molecule has 0 bridgehead atoms. The predicted octanol–water partition coefficient (Wildman–Crippen LogP) is 29.9. The van der Waals surface area contributed by atoms with Gasteiger partial charge < -0.3 is 29.0 Å². The summed E-state index contributed by atoms with van der Waals surface area (Å²) in [6, 6.07) is 42.5. The summed E-state index contributed by atoms with van der Waals surface area (Å²) in [5, 5.41) is 21.6. The second-order valence-electron chi connectivity index (χ2n) is 33.9. The van der Waals surface area contributed by atoms with Crippen molar-refractivity contribution in [3.8, 4) is 56.6 Å². The van der Waals surface area contributed by atoms with Gasteiger partial charge in [0.25, 0.3) is 5.91 Å². The Morgan fingerprint density at radius 1 is 0.405 bits per heavy atom. The Balaban J connectivity index is 0.000000274. The number of hydrogen-bond donors (Lipinski definition) is 2. The van der Waals surface area contributed by atoms with Crippen molar-refractivity contribution in [1.29, 1.82) is 5.26 Å². The number of unbranched alkanes of at least 4 members (excludes halogenated alkanes) is 24. The maximum absolute atomic E-state index is 14.5. The number of rotatable bonds is 49. The highest BCUT2D eigenvalue weighted by molar-refractivity contribution is 9.11. The number of aromatic hydroxyl groups is 1. The first-order valence-electron chi connectivity index (χ1n) is 45.2. The second kappa shape index (κ2) is 47.5. The molecular formula is C102H136Br3N3O8. The number of aliphatic imine (C=N–C) groups is 1. The molecule has 11 nitrogen and oxygen atoms in total. The number of H-pyrrole nitrogens is 1. The summed E-state index contributed by atoms with van der Waals surface area (Å²) in [4.78, 5) is 44.7. The van der Waals surface area contributed by atoms with Crippen LogP contribution in [0.25, 0.3) is 44.6 Å². The summed E-state index contributed by atoms with van der Waals surface area (Å²) in [7, 11) is 0. The van der Waals surface area contributed by atoms with Crippen molar-refractivity contribution in [3.63, 3.8) is 0 Å². The molecule has 2 N–H and O–H groups in total. The molecule has 4 aliphatic rings. The van der Waals surface area contributed by atoms with Crippen LogP contribution in [0.2, 0.25) is 0 Å². The molecule has 2 heterocycles. The molecule has 0 fully saturated rings. The molecule has 1 aromatic heterocycles. The van der Waals surface area contributed by atoms with E-state index < -0.39 is 0 Å². The molecule has 1 aliphatic heterocycles. The minimum absolute atomic E-state index is 0.0193. The minimum atomic E-state index is -0.360. The van der Waals surface area contributed by atoms with Gasteiger partial charge in [-0.3, -0.25) is 14.4 Å². The van der Waals surface area contributed by atoms with Crippen LogP contribution in [0.3, 0.4) is 0 Å². The molecule has 116 heavy (non-hydrogen) atoms. The quantitative estimate of drug-likeness (QED) is 0.0279. The Hall–Kier alpha value is -6.47. The van der Waals surface area contributed by atoms with Gasteiger partial charge in [-0.25, -0.2) is 4.99 Å². The third-order valence-electron chi connectivity index (χ3n) is 24.5. The number of aromatic nitrogens is 1. The molecule has 7 aromatic rings. The van der Waals surface area contributed by atoms with Gasteiger partial charge in [-0.2, -0.15) is 5.26 Å². The lowest BCUT2D eigenvalue weighted by molar-refractivity contribution is -0.154. The van der Waals surface area contributed by atoms with Gasteiger partial charge in [-0.15, -0.1) is 0 Å². The lowest BCUT2D eigenvalue weighted by Crippen LogP contribution is -2.29. The Morgan fingerprint density at radius 2 is 0.724 bits per heavy atom. The van der Waals surface area contributed by atoms with E-state index in [4.69, 9.17) is 23.9 Å². The van der Waals surface area contributed by atoms with E-state index in [0.29, 0.717) is 41.3 Å². The monoisotopic (exact) mass is 1770 g/mol. The molecule has 0 spiro atoms. The maximum Gasteiger partial charge on any atom is 0.306 e. The fraction of sp³-hybridized carbons (Fsp3) is 0.559. The van der Waals surface area contributed by atoms with Gasteiger partial charge >= 0.3 is 11.9 Å². The predicted molar refractivity (Wildman–Crippen MR) is 491 cm³/mol. The molecule has 0 atom stereocenters. The van der Waals surface area contributed by atoms with E-state index in [1.165, 1.54) is 247 Å². The molecule has 3 aliphatic carbocycles. The van der Waals surface area contributed by atoms with Crippen LogP contribution < -0.4 is 0 Å². The first kappa shape index (κ1) is 93.4. The zero-order valence-corrected chi connectivity index (χ0v) is 76.8. The number of nitriles is 1. The van der Waals surface area contributed by atoms with Gasteiger partial charge in [-0.05, 0) is 212 Å². The summed E-state index contributed by atoms with van der Waals surface area (Å²) in [5.41, 5.74) is 20.3. The normalized spacial score (nSPS) is 13.9. The fourth-order valence-corrected chi connectivity index (χ4v) is 19.7. The number of halogens is 3. The van der Waals surface area contributed by atoms with E-state index in [2.05, 4.69) is 204 Å². The summed E-state index contributed by atoms with van der Waals surface area (Å²) < 4.78 is 25.2. The summed E-state index contributed by atoms with van der Waals surface area (Å²) in [6.45, 7) is 23.7. The van der Waals surface area contributed by atoms with Crippen molar-refractivity contribution in [3.05, 3.63) is 178 Å². The summed E-state index contributed by atoms with van der Waals surface area (Å²) >= 11 is 11.5. The lowest BCUT2D eigenvalue weighted by Gasteiger charge is -2.33. The van der Waals surface area contributed by atoms with Crippen molar-refractivity contribution in [2.45, 2.75) is 342 Å².